The van der Waals surface area contributed by atoms with E-state index in [2.05, 4.69) is 75.2 Å². The van der Waals surface area contributed by atoms with E-state index in [4.69, 9.17) is 0 Å². The summed E-state index contributed by atoms with van der Waals surface area (Å²) >= 11 is 0. The Morgan fingerprint density at radius 3 is 2.30 bits per heavy atom. The zero-order valence-corrected chi connectivity index (χ0v) is 17.9. The van der Waals surface area contributed by atoms with Crippen LogP contribution in [0.3, 0.4) is 0 Å². The van der Waals surface area contributed by atoms with Crippen LogP contribution >= 0.6 is 0 Å². The van der Waals surface area contributed by atoms with Crippen LogP contribution in [-0.2, 0) is 0 Å². The molecule has 0 radical (unpaired) electrons. The summed E-state index contributed by atoms with van der Waals surface area (Å²) in [6.07, 6.45) is 10.0. The second-order valence-electron chi connectivity index (χ2n) is 8.32. The van der Waals surface area contributed by atoms with Gasteiger partial charge in [0.1, 0.15) is 8.07 Å². The van der Waals surface area contributed by atoms with Crippen molar-refractivity contribution in [2.75, 3.05) is 0 Å². The van der Waals surface area contributed by atoms with Gasteiger partial charge >= 0.3 is 0 Å². The van der Waals surface area contributed by atoms with E-state index in [1.54, 1.807) is 0 Å². The molecular weight excluding hydrogens is 308 g/mol. The number of hydrogen-bond acceptors (Lipinski definition) is 0. The highest BCUT2D eigenvalue weighted by atomic mass is 28.3. The van der Waals surface area contributed by atoms with E-state index in [9.17, 15) is 0 Å². The molecule has 0 atom stereocenters. The molecule has 0 nitrogen and oxygen atoms in total. The summed E-state index contributed by atoms with van der Waals surface area (Å²) in [6.45, 7) is 17.9. The first-order chi connectivity index (χ1) is 10.6. The molecule has 1 rings (SSSR count). The fourth-order valence-corrected chi connectivity index (χ4v) is 4.47. The lowest BCUT2D eigenvalue weighted by atomic mass is 10.00. The molecule has 2 heteroatoms. The van der Waals surface area contributed by atoms with Crippen LogP contribution in [0.5, 0.6) is 0 Å². The van der Waals surface area contributed by atoms with Gasteiger partial charge in [-0.3, -0.25) is 0 Å². The third-order valence-corrected chi connectivity index (χ3v) is 6.43. The summed E-state index contributed by atoms with van der Waals surface area (Å²) in [7, 11) is -2.91. The van der Waals surface area contributed by atoms with Gasteiger partial charge in [0.15, 0.2) is 0 Å². The molecule has 0 spiro atoms. The Hall–Kier alpha value is -1.23. The summed E-state index contributed by atoms with van der Waals surface area (Å²) in [5.74, 6) is 10.5. The zero-order valence-electron chi connectivity index (χ0n) is 15.9. The van der Waals surface area contributed by atoms with E-state index in [0.717, 1.165) is 12.8 Å². The van der Waals surface area contributed by atoms with Gasteiger partial charge in [0.2, 0.25) is 0 Å². The van der Waals surface area contributed by atoms with E-state index >= 15 is 0 Å². The van der Waals surface area contributed by atoms with Crippen LogP contribution in [0.25, 0.3) is 0 Å². The molecule has 0 amide bonds. The van der Waals surface area contributed by atoms with E-state index in [-0.39, 0.29) is 0 Å². The Labute approximate surface area is 146 Å². The van der Waals surface area contributed by atoms with Crippen molar-refractivity contribution in [1.82, 2.24) is 0 Å². The van der Waals surface area contributed by atoms with Crippen LogP contribution < -0.4 is 0 Å². The van der Waals surface area contributed by atoms with E-state index in [1.807, 2.05) is 6.08 Å². The first-order valence-electron chi connectivity index (χ1n) is 8.72. The van der Waals surface area contributed by atoms with Gasteiger partial charge in [-0.25, -0.2) is 0 Å². The molecule has 0 bridgehead atoms. The molecule has 0 fully saturated rings. The van der Waals surface area contributed by atoms with Crippen molar-refractivity contribution in [3.63, 3.8) is 0 Å². The van der Waals surface area contributed by atoms with Gasteiger partial charge in [-0.05, 0) is 42.9 Å². The van der Waals surface area contributed by atoms with Crippen LogP contribution in [0, 0.1) is 23.3 Å². The van der Waals surface area contributed by atoms with Gasteiger partial charge < -0.3 is 0 Å². The van der Waals surface area contributed by atoms with Crippen molar-refractivity contribution < 1.29 is 0 Å². The maximum Gasteiger partial charge on any atom is 0.129 e. The van der Waals surface area contributed by atoms with Crippen LogP contribution in [0.2, 0.25) is 39.3 Å². The predicted molar refractivity (Wildman–Crippen MR) is 111 cm³/mol. The molecule has 0 unspecified atom stereocenters. The van der Waals surface area contributed by atoms with E-state index in [0.29, 0.717) is 0 Å². The van der Waals surface area contributed by atoms with E-state index < -0.39 is 16.1 Å². The molecule has 0 aromatic rings. The average Bonchev–Trinajstić information content (AvgIpc) is 2.43. The molecule has 0 aromatic heterocycles. The average molecular weight is 341 g/mol. The van der Waals surface area contributed by atoms with Crippen molar-refractivity contribution in [1.29, 1.82) is 0 Å². The van der Waals surface area contributed by atoms with Gasteiger partial charge in [-0.15, -0.1) is 12.1 Å². The minimum Gasteiger partial charge on any atom is -0.127 e. The molecule has 0 N–H and O–H groups in total. The lowest BCUT2D eigenvalue weighted by Gasteiger charge is -2.19. The molecule has 0 aromatic carbocycles. The number of allylic oxidation sites excluding steroid dienone is 5. The topological polar surface area (TPSA) is 0 Å². The zero-order chi connectivity index (χ0) is 17.5. The highest BCUT2D eigenvalue weighted by molar-refractivity contribution is 6.85. The standard InChI is InChI=1S/C21H32Si2/c1-8-12-20(17-18-22(2,3)4)21(23(5,6)7)16-15-19-13-10-9-11-14-19/h8,13H,1,9-12,14H2,2-7H3/b21-20-. The van der Waals surface area contributed by atoms with Gasteiger partial charge in [-0.2, -0.15) is 0 Å². The molecule has 124 valence electrons. The molecule has 0 saturated heterocycles. The summed E-state index contributed by atoms with van der Waals surface area (Å²) in [4.78, 5) is 0. The Kier molecular flexibility index (Phi) is 7.39. The summed E-state index contributed by atoms with van der Waals surface area (Å²) in [5, 5.41) is 1.31. The summed E-state index contributed by atoms with van der Waals surface area (Å²) in [5.41, 5.74) is 6.06. The Morgan fingerprint density at radius 1 is 1.13 bits per heavy atom. The fraction of sp³-hybridized carbons (Fsp3) is 0.524. The van der Waals surface area contributed by atoms with Gasteiger partial charge in [0, 0.05) is 5.57 Å². The monoisotopic (exact) mass is 340 g/mol. The van der Waals surface area contributed by atoms with Crippen molar-refractivity contribution in [3.8, 4) is 23.3 Å². The summed E-state index contributed by atoms with van der Waals surface area (Å²) < 4.78 is 0. The second-order valence-corrected chi connectivity index (χ2v) is 18.1. The quantitative estimate of drug-likeness (QED) is 0.330. The smallest absolute Gasteiger partial charge is 0.127 e. The molecule has 1 aliphatic carbocycles. The van der Waals surface area contributed by atoms with Crippen LogP contribution in [0.4, 0.5) is 0 Å². The van der Waals surface area contributed by atoms with Crippen molar-refractivity contribution in [3.05, 3.63) is 35.1 Å². The van der Waals surface area contributed by atoms with Crippen LogP contribution in [0.1, 0.15) is 32.1 Å². The third-order valence-electron chi connectivity index (χ3n) is 3.63. The number of rotatable bonds is 3. The second kappa shape index (κ2) is 8.58. The first-order valence-corrected chi connectivity index (χ1v) is 15.7. The highest BCUT2D eigenvalue weighted by Gasteiger charge is 2.21. The molecule has 0 saturated carbocycles. The fourth-order valence-electron chi connectivity index (χ4n) is 2.43. The first kappa shape index (κ1) is 19.8. The van der Waals surface area contributed by atoms with Crippen molar-refractivity contribution in [2.24, 2.45) is 0 Å². The van der Waals surface area contributed by atoms with Gasteiger partial charge in [-0.1, -0.05) is 69.2 Å². The maximum absolute atomic E-state index is 3.92. The minimum absolute atomic E-state index is 0.838. The van der Waals surface area contributed by atoms with Gasteiger partial charge in [0.25, 0.3) is 0 Å². The Morgan fingerprint density at radius 2 is 1.83 bits per heavy atom. The Bertz CT molecular complexity index is 611. The highest BCUT2D eigenvalue weighted by Crippen LogP contribution is 2.22. The maximum atomic E-state index is 3.92. The van der Waals surface area contributed by atoms with Crippen LogP contribution in [0.15, 0.2) is 35.1 Å². The van der Waals surface area contributed by atoms with Crippen LogP contribution in [-0.4, -0.2) is 16.1 Å². The SMILES string of the molecule is C=CC/C(C#C[Si](C)(C)C)=C(\C#CC1=CCCCC1)[Si](C)(C)C. The largest absolute Gasteiger partial charge is 0.129 e. The third kappa shape index (κ3) is 7.73. The molecule has 0 heterocycles. The molecule has 23 heavy (non-hydrogen) atoms. The summed E-state index contributed by atoms with van der Waals surface area (Å²) in [6, 6.07) is 0. The number of hydrogen-bond donors (Lipinski definition) is 0. The Balaban J connectivity index is 3.33. The van der Waals surface area contributed by atoms with E-state index in [1.165, 1.54) is 35.6 Å². The molecule has 1 aliphatic rings. The lowest BCUT2D eigenvalue weighted by molar-refractivity contribution is 0.715. The minimum atomic E-state index is -1.52. The molecule has 0 aliphatic heterocycles. The van der Waals surface area contributed by atoms with Crippen molar-refractivity contribution in [2.45, 2.75) is 71.4 Å². The normalized spacial score (nSPS) is 16.2. The lowest BCUT2D eigenvalue weighted by Crippen LogP contribution is -2.25. The molecular formula is C21H32Si2. The predicted octanol–water partition coefficient (Wildman–Crippen LogP) is 6.12. The van der Waals surface area contributed by atoms with Crippen molar-refractivity contribution >= 4 is 16.1 Å². The van der Waals surface area contributed by atoms with Gasteiger partial charge in [0.05, 0.1) is 8.07 Å².